The minimum Gasteiger partial charge on any atom is -0.469 e. The highest BCUT2D eigenvalue weighted by atomic mass is 16.5. The van der Waals surface area contributed by atoms with Gasteiger partial charge in [0.1, 0.15) is 0 Å². The van der Waals surface area contributed by atoms with E-state index in [2.05, 4.69) is 0 Å². The topological polar surface area (TPSA) is 55.8 Å². The lowest BCUT2D eigenvalue weighted by molar-refractivity contribution is -0.146. The molecule has 1 saturated heterocycles. The van der Waals surface area contributed by atoms with Gasteiger partial charge in [0, 0.05) is 20.2 Å². The number of rotatable bonds is 4. The van der Waals surface area contributed by atoms with Gasteiger partial charge in [0.05, 0.1) is 13.0 Å². The molecule has 1 fully saturated rings. The number of nitrogens with zero attached hydrogens (tertiary/aromatic N) is 1. The van der Waals surface area contributed by atoms with Gasteiger partial charge in [0.25, 0.3) is 5.91 Å². The first-order chi connectivity index (χ1) is 9.67. The minimum atomic E-state index is -0.618. The Bertz CT molecular complexity index is 474. The number of carbonyl (C=O) groups excluding carboxylic acids is 2. The fourth-order valence-corrected chi connectivity index (χ4v) is 2.49. The molecule has 2 atom stereocenters. The highest BCUT2D eigenvalue weighted by Gasteiger charge is 2.35. The molecule has 0 radical (unpaired) electrons. The molecule has 0 bridgehead atoms. The molecule has 108 valence electrons. The average Bonchev–Trinajstić information content (AvgIpc) is 2.98. The molecule has 0 aliphatic carbocycles. The lowest BCUT2D eigenvalue weighted by atomic mass is 10.1. The number of esters is 1. The molecule has 5 nitrogen and oxygen atoms in total. The first-order valence-corrected chi connectivity index (χ1v) is 6.61. The summed E-state index contributed by atoms with van der Waals surface area (Å²) in [6.07, 6.45) is 0.0245. The lowest BCUT2D eigenvalue weighted by Gasteiger charge is -2.22. The maximum absolute atomic E-state index is 12.5. The fourth-order valence-electron chi connectivity index (χ4n) is 2.49. The summed E-state index contributed by atoms with van der Waals surface area (Å²) in [7, 11) is 2.89. The molecule has 0 aromatic heterocycles. The van der Waals surface area contributed by atoms with Crippen molar-refractivity contribution < 1.29 is 19.1 Å². The molecule has 1 heterocycles. The number of benzene rings is 1. The number of amides is 1. The second kappa shape index (κ2) is 6.52. The van der Waals surface area contributed by atoms with Gasteiger partial charge in [-0.2, -0.15) is 0 Å². The summed E-state index contributed by atoms with van der Waals surface area (Å²) >= 11 is 0. The second-order valence-corrected chi connectivity index (χ2v) is 4.82. The SMILES string of the molecule is COC(=O)C1CCN(C(=O)C(OC)c2ccccc2)C1. The molecular formula is C15H19NO4. The number of likely N-dealkylation sites (tertiary alicyclic amines) is 1. The number of hydrogen-bond donors (Lipinski definition) is 0. The third-order valence-corrected chi connectivity index (χ3v) is 3.60. The van der Waals surface area contributed by atoms with Crippen LogP contribution in [0.1, 0.15) is 18.1 Å². The average molecular weight is 277 g/mol. The van der Waals surface area contributed by atoms with Gasteiger partial charge in [-0.15, -0.1) is 0 Å². The van der Waals surface area contributed by atoms with Crippen molar-refractivity contribution in [3.63, 3.8) is 0 Å². The molecule has 5 heteroatoms. The van der Waals surface area contributed by atoms with Crippen LogP contribution in [-0.2, 0) is 19.1 Å². The Morgan fingerprint density at radius 1 is 1.25 bits per heavy atom. The third kappa shape index (κ3) is 2.99. The fraction of sp³-hybridized carbons (Fsp3) is 0.467. The number of ether oxygens (including phenoxy) is 2. The van der Waals surface area contributed by atoms with Crippen LogP contribution >= 0.6 is 0 Å². The molecule has 20 heavy (non-hydrogen) atoms. The van der Waals surface area contributed by atoms with Crippen LogP contribution in [0.4, 0.5) is 0 Å². The van der Waals surface area contributed by atoms with Crippen LogP contribution in [0.25, 0.3) is 0 Å². The first-order valence-electron chi connectivity index (χ1n) is 6.61. The summed E-state index contributed by atoms with van der Waals surface area (Å²) in [5.41, 5.74) is 0.821. The normalized spacial score (nSPS) is 19.7. The first kappa shape index (κ1) is 14.5. The Morgan fingerprint density at radius 2 is 1.95 bits per heavy atom. The molecule has 1 aliphatic rings. The Balaban J connectivity index is 2.05. The van der Waals surface area contributed by atoms with Crippen molar-refractivity contribution in [1.82, 2.24) is 4.90 Å². The molecule has 1 amide bonds. The van der Waals surface area contributed by atoms with E-state index in [1.807, 2.05) is 30.3 Å². The second-order valence-electron chi connectivity index (χ2n) is 4.82. The monoisotopic (exact) mass is 277 g/mol. The largest absolute Gasteiger partial charge is 0.469 e. The van der Waals surface area contributed by atoms with E-state index in [1.165, 1.54) is 14.2 Å². The molecule has 0 saturated carbocycles. The number of methoxy groups -OCH3 is 2. The van der Waals surface area contributed by atoms with Crippen LogP contribution in [0.3, 0.4) is 0 Å². The zero-order valence-corrected chi connectivity index (χ0v) is 11.7. The molecule has 2 rings (SSSR count). The van der Waals surface area contributed by atoms with Gasteiger partial charge in [-0.05, 0) is 12.0 Å². The zero-order valence-electron chi connectivity index (χ0n) is 11.7. The van der Waals surface area contributed by atoms with Crippen molar-refractivity contribution in [3.05, 3.63) is 35.9 Å². The van der Waals surface area contributed by atoms with E-state index in [1.54, 1.807) is 4.90 Å². The van der Waals surface area contributed by atoms with Gasteiger partial charge in [-0.1, -0.05) is 30.3 Å². The highest BCUT2D eigenvalue weighted by Crippen LogP contribution is 2.24. The van der Waals surface area contributed by atoms with E-state index in [0.29, 0.717) is 19.5 Å². The van der Waals surface area contributed by atoms with E-state index < -0.39 is 6.10 Å². The maximum Gasteiger partial charge on any atom is 0.310 e. The molecule has 1 aromatic carbocycles. The smallest absolute Gasteiger partial charge is 0.310 e. The molecule has 1 aromatic rings. The van der Waals surface area contributed by atoms with Crippen molar-refractivity contribution in [2.45, 2.75) is 12.5 Å². The number of hydrogen-bond acceptors (Lipinski definition) is 4. The number of carbonyl (C=O) groups is 2. The van der Waals surface area contributed by atoms with Crippen molar-refractivity contribution >= 4 is 11.9 Å². The van der Waals surface area contributed by atoms with E-state index in [0.717, 1.165) is 5.56 Å². The summed E-state index contributed by atoms with van der Waals surface area (Å²) in [5, 5.41) is 0. The van der Waals surface area contributed by atoms with Gasteiger partial charge in [-0.25, -0.2) is 0 Å². The van der Waals surface area contributed by atoms with Crippen LogP contribution < -0.4 is 0 Å². The predicted molar refractivity (Wildman–Crippen MR) is 72.9 cm³/mol. The van der Waals surface area contributed by atoms with Crippen LogP contribution in [0.15, 0.2) is 30.3 Å². The Kier molecular flexibility index (Phi) is 4.74. The van der Waals surface area contributed by atoms with E-state index in [-0.39, 0.29) is 17.8 Å². The highest BCUT2D eigenvalue weighted by molar-refractivity contribution is 5.84. The van der Waals surface area contributed by atoms with Crippen molar-refractivity contribution in [3.8, 4) is 0 Å². The maximum atomic E-state index is 12.5. The predicted octanol–water partition coefficient (Wildman–Crippen LogP) is 1.40. The Morgan fingerprint density at radius 3 is 2.55 bits per heavy atom. The van der Waals surface area contributed by atoms with Gasteiger partial charge in [-0.3, -0.25) is 9.59 Å². The van der Waals surface area contributed by atoms with Gasteiger partial charge in [0.15, 0.2) is 6.10 Å². The summed E-state index contributed by atoms with van der Waals surface area (Å²) in [6, 6.07) is 9.36. The van der Waals surface area contributed by atoms with Gasteiger partial charge < -0.3 is 14.4 Å². The minimum absolute atomic E-state index is 0.106. The lowest BCUT2D eigenvalue weighted by Crippen LogP contribution is -2.35. The Labute approximate surface area is 118 Å². The van der Waals surface area contributed by atoms with Crippen LogP contribution in [0.2, 0.25) is 0 Å². The van der Waals surface area contributed by atoms with Crippen molar-refractivity contribution in [2.75, 3.05) is 27.3 Å². The Hall–Kier alpha value is -1.88. The molecule has 2 unspecified atom stereocenters. The summed E-state index contributed by atoms with van der Waals surface area (Å²) < 4.78 is 10.1. The van der Waals surface area contributed by atoms with Gasteiger partial charge >= 0.3 is 5.97 Å². The van der Waals surface area contributed by atoms with Crippen LogP contribution in [0.5, 0.6) is 0 Å². The van der Waals surface area contributed by atoms with E-state index >= 15 is 0 Å². The van der Waals surface area contributed by atoms with E-state index in [9.17, 15) is 9.59 Å². The summed E-state index contributed by atoms with van der Waals surface area (Å²) in [4.78, 5) is 25.7. The summed E-state index contributed by atoms with van der Waals surface area (Å²) in [6.45, 7) is 0.962. The quantitative estimate of drug-likeness (QED) is 0.781. The zero-order chi connectivity index (χ0) is 14.5. The molecule has 0 N–H and O–H groups in total. The molecule has 0 spiro atoms. The summed E-state index contributed by atoms with van der Waals surface area (Å²) in [5.74, 6) is -0.587. The molecule has 1 aliphatic heterocycles. The van der Waals surface area contributed by atoms with E-state index in [4.69, 9.17) is 9.47 Å². The van der Waals surface area contributed by atoms with Crippen LogP contribution in [-0.4, -0.2) is 44.1 Å². The van der Waals surface area contributed by atoms with Crippen molar-refractivity contribution in [2.24, 2.45) is 5.92 Å². The van der Waals surface area contributed by atoms with Crippen LogP contribution in [0, 0.1) is 5.92 Å². The third-order valence-electron chi connectivity index (χ3n) is 3.60. The van der Waals surface area contributed by atoms with Gasteiger partial charge in [0.2, 0.25) is 0 Å². The molecular weight excluding hydrogens is 258 g/mol. The van der Waals surface area contributed by atoms with Crippen molar-refractivity contribution in [1.29, 1.82) is 0 Å². The standard InChI is InChI=1S/C15H19NO4/c1-19-13(11-6-4-3-5-7-11)14(17)16-9-8-12(10-16)15(18)20-2/h3-7,12-13H,8-10H2,1-2H3.